The zero-order valence-corrected chi connectivity index (χ0v) is 14.5. The number of ether oxygens (including phenoxy) is 1. The van der Waals surface area contributed by atoms with Crippen molar-refractivity contribution in [2.75, 3.05) is 17.7 Å². The molecule has 0 heterocycles. The lowest BCUT2D eigenvalue weighted by atomic mass is 10.1. The Kier molecular flexibility index (Phi) is 5.51. The van der Waals surface area contributed by atoms with E-state index in [2.05, 4.69) is 10.6 Å². The van der Waals surface area contributed by atoms with Crippen LogP contribution in [0, 0.1) is 11.7 Å². The van der Waals surface area contributed by atoms with E-state index in [9.17, 15) is 14.0 Å². The van der Waals surface area contributed by atoms with E-state index in [0.717, 1.165) is 29.8 Å². The molecular formula is C20H21FN2O3. The lowest BCUT2D eigenvalue weighted by molar-refractivity contribution is -0.141. The number of hydrogen-bond donors (Lipinski definition) is 2. The van der Waals surface area contributed by atoms with Crippen LogP contribution in [0.5, 0.6) is 0 Å². The van der Waals surface area contributed by atoms with E-state index < -0.39 is 12.0 Å². The van der Waals surface area contributed by atoms with Gasteiger partial charge in [0.15, 0.2) is 0 Å². The molecule has 0 aliphatic heterocycles. The molecule has 6 heteroatoms. The summed E-state index contributed by atoms with van der Waals surface area (Å²) in [5.74, 6) is -0.526. The van der Waals surface area contributed by atoms with Crippen molar-refractivity contribution in [2.24, 2.45) is 5.92 Å². The summed E-state index contributed by atoms with van der Waals surface area (Å²) in [7, 11) is 1.33. The number of rotatable bonds is 7. The third-order valence-corrected chi connectivity index (χ3v) is 4.28. The number of nitrogens with one attached hydrogen (secondary N) is 2. The second-order valence-electron chi connectivity index (χ2n) is 6.39. The normalized spacial score (nSPS) is 14.4. The minimum Gasteiger partial charge on any atom is -0.467 e. The first-order valence-electron chi connectivity index (χ1n) is 8.55. The third kappa shape index (κ3) is 4.81. The van der Waals surface area contributed by atoms with Gasteiger partial charge in [0.2, 0.25) is 5.91 Å². The molecule has 136 valence electrons. The molecule has 1 saturated carbocycles. The fourth-order valence-electron chi connectivity index (χ4n) is 2.63. The van der Waals surface area contributed by atoms with Crippen LogP contribution in [0.4, 0.5) is 15.8 Å². The van der Waals surface area contributed by atoms with Crippen LogP contribution in [0.3, 0.4) is 0 Å². The highest BCUT2D eigenvalue weighted by atomic mass is 19.1. The van der Waals surface area contributed by atoms with E-state index in [-0.39, 0.29) is 17.6 Å². The van der Waals surface area contributed by atoms with E-state index in [1.807, 2.05) is 0 Å². The minimum atomic E-state index is -0.600. The van der Waals surface area contributed by atoms with Crippen LogP contribution in [0.15, 0.2) is 48.5 Å². The Bertz CT molecular complexity index is 771. The summed E-state index contributed by atoms with van der Waals surface area (Å²) in [6.07, 6.45) is 2.28. The number of amides is 1. The SMILES string of the molecule is COC(=O)C(Cc1ccc(F)cc1)Nc1ccc(NC(=O)C2CC2)cc1. The Morgan fingerprint density at radius 2 is 1.69 bits per heavy atom. The number of hydrogen-bond acceptors (Lipinski definition) is 4. The van der Waals surface area contributed by atoms with Gasteiger partial charge in [-0.3, -0.25) is 4.79 Å². The highest BCUT2D eigenvalue weighted by molar-refractivity contribution is 5.94. The Labute approximate surface area is 151 Å². The molecule has 5 nitrogen and oxygen atoms in total. The molecule has 0 saturated heterocycles. The van der Waals surface area contributed by atoms with Crippen LogP contribution in [0.2, 0.25) is 0 Å². The summed E-state index contributed by atoms with van der Waals surface area (Å²) in [5, 5.41) is 6.00. The third-order valence-electron chi connectivity index (χ3n) is 4.28. The van der Waals surface area contributed by atoms with Gasteiger partial charge in [-0.25, -0.2) is 9.18 Å². The average Bonchev–Trinajstić information content (AvgIpc) is 3.49. The molecule has 0 bridgehead atoms. The summed E-state index contributed by atoms with van der Waals surface area (Å²) in [4.78, 5) is 23.8. The van der Waals surface area contributed by atoms with Gasteiger partial charge in [-0.1, -0.05) is 12.1 Å². The lowest BCUT2D eigenvalue weighted by Crippen LogP contribution is -2.32. The Morgan fingerprint density at radius 1 is 1.08 bits per heavy atom. The van der Waals surface area contributed by atoms with Crippen LogP contribution < -0.4 is 10.6 Å². The molecule has 0 radical (unpaired) electrons. The fraction of sp³-hybridized carbons (Fsp3) is 0.300. The molecule has 1 aliphatic carbocycles. The maximum absolute atomic E-state index is 13.0. The highest BCUT2D eigenvalue weighted by Gasteiger charge is 2.29. The summed E-state index contributed by atoms with van der Waals surface area (Å²) < 4.78 is 17.9. The Balaban J connectivity index is 1.64. The maximum Gasteiger partial charge on any atom is 0.328 e. The van der Waals surface area contributed by atoms with E-state index >= 15 is 0 Å². The van der Waals surface area contributed by atoms with Gasteiger partial charge in [-0.05, 0) is 54.8 Å². The first-order valence-corrected chi connectivity index (χ1v) is 8.55. The molecule has 1 amide bonds. The zero-order valence-electron chi connectivity index (χ0n) is 14.5. The van der Waals surface area contributed by atoms with Crippen molar-refractivity contribution in [1.29, 1.82) is 0 Å². The number of benzene rings is 2. The molecule has 1 atom stereocenters. The summed E-state index contributed by atoms with van der Waals surface area (Å²) >= 11 is 0. The molecule has 26 heavy (non-hydrogen) atoms. The van der Waals surface area contributed by atoms with Crippen LogP contribution in [-0.2, 0) is 20.7 Å². The summed E-state index contributed by atoms with van der Waals surface area (Å²) in [5.41, 5.74) is 2.27. The number of carbonyl (C=O) groups excluding carboxylic acids is 2. The maximum atomic E-state index is 13.0. The molecular weight excluding hydrogens is 335 g/mol. The molecule has 0 spiro atoms. The van der Waals surface area contributed by atoms with Crippen LogP contribution in [0.1, 0.15) is 18.4 Å². The molecule has 3 rings (SSSR count). The van der Waals surface area contributed by atoms with Crippen molar-refractivity contribution in [3.8, 4) is 0 Å². The fourth-order valence-corrected chi connectivity index (χ4v) is 2.63. The van der Waals surface area contributed by atoms with Gasteiger partial charge in [-0.2, -0.15) is 0 Å². The molecule has 2 aromatic rings. The monoisotopic (exact) mass is 356 g/mol. The van der Waals surface area contributed by atoms with E-state index in [1.165, 1.54) is 19.2 Å². The Morgan fingerprint density at radius 3 is 2.27 bits per heavy atom. The molecule has 1 fully saturated rings. The standard InChI is InChI=1S/C20H21FN2O3/c1-26-20(25)18(12-13-2-6-15(21)7-3-13)22-16-8-10-17(11-9-16)23-19(24)14-4-5-14/h2-3,6-11,14,18,22H,4-5,12H2,1H3,(H,23,24). The number of carbonyl (C=O) groups is 2. The number of halogens is 1. The smallest absolute Gasteiger partial charge is 0.328 e. The molecule has 0 aromatic heterocycles. The topological polar surface area (TPSA) is 67.4 Å². The first kappa shape index (κ1) is 17.9. The Hall–Kier alpha value is -2.89. The zero-order chi connectivity index (χ0) is 18.5. The molecule has 1 aliphatic rings. The second-order valence-corrected chi connectivity index (χ2v) is 6.39. The van der Waals surface area contributed by atoms with Crippen LogP contribution >= 0.6 is 0 Å². The largest absolute Gasteiger partial charge is 0.467 e. The van der Waals surface area contributed by atoms with Crippen molar-refractivity contribution in [2.45, 2.75) is 25.3 Å². The predicted octanol–water partition coefficient (Wildman–Crippen LogP) is 3.37. The average molecular weight is 356 g/mol. The molecule has 1 unspecified atom stereocenters. The van der Waals surface area contributed by atoms with E-state index in [4.69, 9.17) is 4.74 Å². The number of anilines is 2. The second kappa shape index (κ2) is 7.99. The minimum absolute atomic E-state index is 0.0504. The number of esters is 1. The van der Waals surface area contributed by atoms with Crippen molar-refractivity contribution in [3.63, 3.8) is 0 Å². The highest BCUT2D eigenvalue weighted by Crippen LogP contribution is 2.30. The van der Waals surface area contributed by atoms with Gasteiger partial charge in [0.05, 0.1) is 7.11 Å². The van der Waals surface area contributed by atoms with Gasteiger partial charge in [0.25, 0.3) is 0 Å². The van der Waals surface area contributed by atoms with Gasteiger partial charge in [-0.15, -0.1) is 0 Å². The van der Waals surface area contributed by atoms with Crippen molar-refractivity contribution >= 4 is 23.3 Å². The lowest BCUT2D eigenvalue weighted by Gasteiger charge is -2.18. The van der Waals surface area contributed by atoms with Gasteiger partial charge < -0.3 is 15.4 Å². The van der Waals surface area contributed by atoms with Crippen molar-refractivity contribution in [3.05, 3.63) is 59.9 Å². The van der Waals surface area contributed by atoms with Crippen LogP contribution in [0.25, 0.3) is 0 Å². The van der Waals surface area contributed by atoms with Crippen LogP contribution in [-0.4, -0.2) is 25.0 Å². The summed E-state index contributed by atoms with van der Waals surface area (Å²) in [6, 6.07) is 12.6. The summed E-state index contributed by atoms with van der Waals surface area (Å²) in [6.45, 7) is 0. The van der Waals surface area contributed by atoms with E-state index in [0.29, 0.717) is 6.42 Å². The quantitative estimate of drug-likeness (QED) is 0.747. The molecule has 2 aromatic carbocycles. The predicted molar refractivity (Wildman–Crippen MR) is 97.3 cm³/mol. The van der Waals surface area contributed by atoms with Crippen molar-refractivity contribution < 1.29 is 18.7 Å². The number of methoxy groups -OCH3 is 1. The van der Waals surface area contributed by atoms with Gasteiger partial charge in [0, 0.05) is 23.7 Å². The van der Waals surface area contributed by atoms with Crippen molar-refractivity contribution in [1.82, 2.24) is 0 Å². The van der Waals surface area contributed by atoms with Gasteiger partial charge in [0.1, 0.15) is 11.9 Å². The molecule has 2 N–H and O–H groups in total. The van der Waals surface area contributed by atoms with Gasteiger partial charge >= 0.3 is 5.97 Å². The first-order chi connectivity index (χ1) is 12.5. The van der Waals surface area contributed by atoms with E-state index in [1.54, 1.807) is 36.4 Å².